The molecular formula is C10H8ClNO3. The highest BCUT2D eigenvalue weighted by molar-refractivity contribution is 6.35. The van der Waals surface area contributed by atoms with Crippen molar-refractivity contribution < 1.29 is 14.7 Å². The van der Waals surface area contributed by atoms with E-state index in [0.29, 0.717) is 11.3 Å². The average Bonchev–Trinajstić information content (AvgIpc) is 2.45. The smallest absolute Gasteiger partial charge is 0.335 e. The summed E-state index contributed by atoms with van der Waals surface area (Å²) < 4.78 is 0. The van der Waals surface area contributed by atoms with Crippen LogP contribution in [0.4, 0.5) is 5.69 Å². The molecule has 1 aliphatic rings. The van der Waals surface area contributed by atoms with Crippen molar-refractivity contribution in [3.05, 3.63) is 28.3 Å². The monoisotopic (exact) mass is 225 g/mol. The fourth-order valence-corrected chi connectivity index (χ4v) is 1.87. The zero-order valence-electron chi connectivity index (χ0n) is 7.87. The third-order valence-electron chi connectivity index (χ3n) is 2.48. The summed E-state index contributed by atoms with van der Waals surface area (Å²) in [5, 5.41) is 11.7. The van der Waals surface area contributed by atoms with Gasteiger partial charge < -0.3 is 10.4 Å². The fourth-order valence-electron chi connectivity index (χ4n) is 1.60. The lowest BCUT2D eigenvalue weighted by Crippen LogP contribution is -2.08. The standard InChI is InChI=1S/C10H8ClNO3/c1-4-6-2-5(10(14)15)3-7(11)8(6)12-9(4)13/h2-4H,1H3,(H,12,13)(H,14,15). The number of carbonyl (C=O) groups excluding carboxylic acids is 1. The lowest BCUT2D eigenvalue weighted by Gasteiger charge is -2.04. The quantitative estimate of drug-likeness (QED) is 0.769. The highest BCUT2D eigenvalue weighted by Crippen LogP contribution is 2.38. The number of nitrogens with one attached hydrogen (secondary N) is 1. The molecule has 1 amide bonds. The van der Waals surface area contributed by atoms with Crippen LogP contribution in [0.25, 0.3) is 0 Å². The summed E-state index contributed by atoms with van der Waals surface area (Å²) in [6.45, 7) is 1.71. The molecule has 0 spiro atoms. The summed E-state index contributed by atoms with van der Waals surface area (Å²) in [6, 6.07) is 2.81. The first-order valence-corrected chi connectivity index (χ1v) is 4.76. The minimum atomic E-state index is -1.05. The molecule has 4 nitrogen and oxygen atoms in total. The maximum atomic E-state index is 11.3. The van der Waals surface area contributed by atoms with Gasteiger partial charge in [0.25, 0.3) is 0 Å². The van der Waals surface area contributed by atoms with E-state index in [9.17, 15) is 9.59 Å². The van der Waals surface area contributed by atoms with E-state index in [-0.39, 0.29) is 22.4 Å². The van der Waals surface area contributed by atoms with Crippen molar-refractivity contribution in [2.24, 2.45) is 0 Å². The van der Waals surface area contributed by atoms with Crippen LogP contribution in [0, 0.1) is 0 Å². The number of aromatic carboxylic acids is 1. The maximum Gasteiger partial charge on any atom is 0.335 e. The Morgan fingerprint density at radius 1 is 1.53 bits per heavy atom. The Kier molecular flexibility index (Phi) is 2.16. The molecule has 15 heavy (non-hydrogen) atoms. The molecule has 0 bridgehead atoms. The van der Waals surface area contributed by atoms with Crippen molar-refractivity contribution >= 4 is 29.2 Å². The minimum absolute atomic E-state index is 0.0992. The topological polar surface area (TPSA) is 66.4 Å². The number of fused-ring (bicyclic) bond motifs is 1. The Labute approximate surface area is 90.9 Å². The second-order valence-corrected chi connectivity index (χ2v) is 3.85. The average molecular weight is 226 g/mol. The van der Waals surface area contributed by atoms with E-state index in [4.69, 9.17) is 16.7 Å². The van der Waals surface area contributed by atoms with Crippen molar-refractivity contribution in [2.45, 2.75) is 12.8 Å². The lowest BCUT2D eigenvalue weighted by atomic mass is 10.0. The van der Waals surface area contributed by atoms with Crippen LogP contribution in [0.5, 0.6) is 0 Å². The molecule has 0 fully saturated rings. The number of rotatable bonds is 1. The Morgan fingerprint density at radius 3 is 2.80 bits per heavy atom. The Morgan fingerprint density at radius 2 is 2.20 bits per heavy atom. The summed E-state index contributed by atoms with van der Waals surface area (Å²) in [5.41, 5.74) is 1.27. The van der Waals surface area contributed by atoms with Gasteiger partial charge in [-0.15, -0.1) is 0 Å². The van der Waals surface area contributed by atoms with E-state index in [1.807, 2.05) is 0 Å². The molecule has 5 heteroatoms. The number of carbonyl (C=O) groups is 2. The van der Waals surface area contributed by atoms with E-state index < -0.39 is 5.97 Å². The molecule has 78 valence electrons. The molecule has 1 aromatic rings. The highest BCUT2D eigenvalue weighted by Gasteiger charge is 2.29. The van der Waals surface area contributed by atoms with Gasteiger partial charge in [-0.2, -0.15) is 0 Å². The first kappa shape index (κ1) is 9.98. The molecule has 1 atom stereocenters. The highest BCUT2D eigenvalue weighted by atomic mass is 35.5. The second kappa shape index (κ2) is 3.24. The molecule has 0 radical (unpaired) electrons. The molecule has 1 aliphatic heterocycles. The maximum absolute atomic E-state index is 11.3. The third-order valence-corrected chi connectivity index (χ3v) is 2.77. The summed E-state index contributed by atoms with van der Waals surface area (Å²) in [7, 11) is 0. The van der Waals surface area contributed by atoms with Crippen LogP contribution in [-0.4, -0.2) is 17.0 Å². The van der Waals surface area contributed by atoms with Gasteiger partial charge in [-0.1, -0.05) is 11.6 Å². The molecule has 1 aromatic carbocycles. The van der Waals surface area contributed by atoms with E-state index in [1.165, 1.54) is 12.1 Å². The molecule has 1 unspecified atom stereocenters. The molecule has 2 N–H and O–H groups in total. The van der Waals surface area contributed by atoms with Gasteiger partial charge >= 0.3 is 5.97 Å². The van der Waals surface area contributed by atoms with Crippen LogP contribution in [-0.2, 0) is 4.79 Å². The van der Waals surface area contributed by atoms with Crippen LogP contribution in [0.1, 0.15) is 28.8 Å². The normalized spacial score (nSPS) is 18.5. The van der Waals surface area contributed by atoms with Crippen molar-refractivity contribution in [3.8, 4) is 0 Å². The van der Waals surface area contributed by atoms with Crippen molar-refractivity contribution in [1.29, 1.82) is 0 Å². The second-order valence-electron chi connectivity index (χ2n) is 3.44. The Bertz CT molecular complexity index is 470. The number of carboxylic acid groups (broad SMARTS) is 1. The number of carboxylic acids is 1. The van der Waals surface area contributed by atoms with Gasteiger partial charge in [-0.05, 0) is 24.6 Å². The van der Waals surface area contributed by atoms with E-state index in [1.54, 1.807) is 6.92 Å². The van der Waals surface area contributed by atoms with Gasteiger partial charge in [0.1, 0.15) is 0 Å². The summed E-state index contributed by atoms with van der Waals surface area (Å²) >= 11 is 5.87. The van der Waals surface area contributed by atoms with Gasteiger partial charge in [0.05, 0.1) is 22.2 Å². The van der Waals surface area contributed by atoms with Crippen LogP contribution >= 0.6 is 11.6 Å². The molecule has 0 saturated carbocycles. The molecule has 0 aromatic heterocycles. The van der Waals surface area contributed by atoms with Crippen LogP contribution < -0.4 is 5.32 Å². The molecular weight excluding hydrogens is 218 g/mol. The van der Waals surface area contributed by atoms with Gasteiger partial charge in [0.15, 0.2) is 0 Å². The number of amides is 1. The van der Waals surface area contributed by atoms with Gasteiger partial charge in [0, 0.05) is 0 Å². The zero-order valence-corrected chi connectivity index (χ0v) is 8.63. The van der Waals surface area contributed by atoms with Crippen molar-refractivity contribution in [1.82, 2.24) is 0 Å². The van der Waals surface area contributed by atoms with Crippen LogP contribution in [0.3, 0.4) is 0 Å². The van der Waals surface area contributed by atoms with Crippen molar-refractivity contribution in [2.75, 3.05) is 5.32 Å². The Balaban J connectivity index is 2.62. The van der Waals surface area contributed by atoms with Gasteiger partial charge in [-0.3, -0.25) is 4.79 Å². The van der Waals surface area contributed by atoms with E-state index in [0.717, 1.165) is 0 Å². The summed E-state index contributed by atoms with van der Waals surface area (Å²) in [5.74, 6) is -1.56. The van der Waals surface area contributed by atoms with Crippen LogP contribution in [0.15, 0.2) is 12.1 Å². The largest absolute Gasteiger partial charge is 0.478 e. The molecule has 2 rings (SSSR count). The fraction of sp³-hybridized carbons (Fsp3) is 0.200. The minimum Gasteiger partial charge on any atom is -0.478 e. The summed E-state index contributed by atoms with van der Waals surface area (Å²) in [6.07, 6.45) is 0. The first-order chi connectivity index (χ1) is 7.00. The third kappa shape index (κ3) is 1.47. The SMILES string of the molecule is CC1C(=O)Nc2c(Cl)cc(C(=O)O)cc21. The lowest BCUT2D eigenvalue weighted by molar-refractivity contribution is -0.116. The van der Waals surface area contributed by atoms with Gasteiger partial charge in [-0.25, -0.2) is 4.79 Å². The molecule has 1 heterocycles. The summed E-state index contributed by atoms with van der Waals surface area (Å²) in [4.78, 5) is 22.1. The number of hydrogen-bond acceptors (Lipinski definition) is 2. The predicted octanol–water partition coefficient (Wildman–Crippen LogP) is 2.09. The number of benzene rings is 1. The number of hydrogen-bond donors (Lipinski definition) is 2. The van der Waals surface area contributed by atoms with Gasteiger partial charge in [0.2, 0.25) is 5.91 Å². The molecule has 0 saturated heterocycles. The number of halogens is 1. The van der Waals surface area contributed by atoms with E-state index >= 15 is 0 Å². The number of anilines is 1. The van der Waals surface area contributed by atoms with Crippen LogP contribution in [0.2, 0.25) is 5.02 Å². The van der Waals surface area contributed by atoms with Crippen molar-refractivity contribution in [3.63, 3.8) is 0 Å². The predicted molar refractivity (Wildman–Crippen MR) is 55.5 cm³/mol. The first-order valence-electron chi connectivity index (χ1n) is 4.38. The zero-order chi connectivity index (χ0) is 11.2. The van der Waals surface area contributed by atoms with E-state index in [2.05, 4.69) is 5.32 Å². The molecule has 0 aliphatic carbocycles. The Hall–Kier alpha value is -1.55.